The Labute approximate surface area is 181 Å². The van der Waals surface area contributed by atoms with E-state index in [1.54, 1.807) is 26.5 Å². The normalized spacial score (nSPS) is 10.8. The van der Waals surface area contributed by atoms with Gasteiger partial charge < -0.3 is 9.47 Å². The Hall–Kier alpha value is -4.19. The summed E-state index contributed by atoms with van der Waals surface area (Å²) in [4.78, 5) is 9.29. The van der Waals surface area contributed by atoms with Crippen LogP contribution < -0.4 is 14.9 Å². The van der Waals surface area contributed by atoms with E-state index in [0.29, 0.717) is 17.4 Å². The summed E-state index contributed by atoms with van der Waals surface area (Å²) in [6, 6.07) is 27.5. The first-order chi connectivity index (χ1) is 15.3. The topological polar surface area (TPSA) is 68.6 Å². The molecule has 1 N–H and O–H groups in total. The maximum Gasteiger partial charge on any atom is 0.244 e. The zero-order chi connectivity index (χ0) is 21.5. The molecule has 4 rings (SSSR count). The summed E-state index contributed by atoms with van der Waals surface area (Å²) >= 11 is 0. The lowest BCUT2D eigenvalue weighted by atomic mass is 10.1. The van der Waals surface area contributed by atoms with Crippen LogP contribution in [0.5, 0.6) is 11.5 Å². The lowest BCUT2D eigenvalue weighted by Gasteiger charge is -2.09. The van der Waals surface area contributed by atoms with Crippen LogP contribution in [0, 0.1) is 0 Å². The highest BCUT2D eigenvalue weighted by Crippen LogP contribution is 2.26. The lowest BCUT2D eigenvalue weighted by molar-refractivity contribution is 0.394. The third-order valence-electron chi connectivity index (χ3n) is 4.67. The van der Waals surface area contributed by atoms with Crippen LogP contribution in [0.1, 0.15) is 5.56 Å². The van der Waals surface area contributed by atoms with Crippen molar-refractivity contribution in [1.29, 1.82) is 0 Å². The second-order valence-electron chi connectivity index (χ2n) is 6.67. The minimum atomic E-state index is 0.406. The molecule has 0 saturated carbocycles. The first-order valence-corrected chi connectivity index (χ1v) is 9.78. The molecule has 0 bridgehead atoms. The van der Waals surface area contributed by atoms with Crippen LogP contribution in [-0.2, 0) is 0 Å². The second kappa shape index (κ2) is 9.54. The maximum absolute atomic E-state index is 5.41. The van der Waals surface area contributed by atoms with Crippen molar-refractivity contribution in [2.24, 2.45) is 5.10 Å². The van der Waals surface area contributed by atoms with Gasteiger partial charge in [-0.15, -0.1) is 0 Å². The molecule has 6 nitrogen and oxygen atoms in total. The van der Waals surface area contributed by atoms with Gasteiger partial charge in [-0.1, -0.05) is 60.7 Å². The average Bonchev–Trinajstić information content (AvgIpc) is 2.85. The van der Waals surface area contributed by atoms with E-state index in [1.165, 1.54) is 0 Å². The van der Waals surface area contributed by atoms with Gasteiger partial charge in [-0.25, -0.2) is 15.4 Å². The molecule has 0 saturated heterocycles. The Balaban J connectivity index is 1.66. The molecule has 0 spiro atoms. The van der Waals surface area contributed by atoms with Crippen molar-refractivity contribution in [3.63, 3.8) is 0 Å². The fraction of sp³-hybridized carbons (Fsp3) is 0.0800. The van der Waals surface area contributed by atoms with Crippen LogP contribution in [0.25, 0.3) is 22.5 Å². The summed E-state index contributed by atoms with van der Waals surface area (Å²) in [5.41, 5.74) is 7.40. The SMILES string of the molecule is COc1ccc(C=NNc2nc(-c3ccccc3)cc(-c3ccccc3)n2)c(OC)c1. The van der Waals surface area contributed by atoms with Gasteiger partial charge in [0.1, 0.15) is 11.5 Å². The second-order valence-corrected chi connectivity index (χ2v) is 6.67. The first-order valence-electron chi connectivity index (χ1n) is 9.78. The molecule has 0 fully saturated rings. The standard InChI is InChI=1S/C25H22N4O2/c1-30-21-14-13-20(24(15-21)31-2)17-26-29-25-27-22(18-9-5-3-6-10-18)16-23(28-25)19-11-7-4-8-12-19/h3-17H,1-2H3,(H,27,28,29). The number of nitrogens with zero attached hydrogens (tertiary/aromatic N) is 3. The monoisotopic (exact) mass is 410 g/mol. The number of anilines is 1. The van der Waals surface area contributed by atoms with Gasteiger partial charge in [0, 0.05) is 22.8 Å². The summed E-state index contributed by atoms with van der Waals surface area (Å²) in [5.74, 6) is 1.78. The number of hydrogen-bond acceptors (Lipinski definition) is 6. The lowest BCUT2D eigenvalue weighted by Crippen LogP contribution is -2.01. The number of hydrogen-bond donors (Lipinski definition) is 1. The Kier molecular flexibility index (Phi) is 6.18. The summed E-state index contributed by atoms with van der Waals surface area (Å²) < 4.78 is 10.6. The van der Waals surface area contributed by atoms with Crippen molar-refractivity contribution >= 4 is 12.2 Å². The Bertz CT molecular complexity index is 1120. The molecule has 0 radical (unpaired) electrons. The highest BCUT2D eigenvalue weighted by Gasteiger charge is 2.08. The van der Waals surface area contributed by atoms with Gasteiger partial charge in [0.05, 0.1) is 31.8 Å². The van der Waals surface area contributed by atoms with Gasteiger partial charge in [-0.3, -0.25) is 0 Å². The fourth-order valence-corrected chi connectivity index (χ4v) is 3.10. The third-order valence-corrected chi connectivity index (χ3v) is 4.67. The van der Waals surface area contributed by atoms with Crippen LogP contribution in [0.2, 0.25) is 0 Å². The molecule has 31 heavy (non-hydrogen) atoms. The van der Waals surface area contributed by atoms with Gasteiger partial charge in [-0.2, -0.15) is 5.10 Å². The summed E-state index contributed by atoms with van der Waals surface area (Å²) in [5, 5.41) is 4.32. The van der Waals surface area contributed by atoms with Crippen molar-refractivity contribution in [3.05, 3.63) is 90.5 Å². The Morgan fingerprint density at radius 3 is 1.90 bits per heavy atom. The number of ether oxygens (including phenoxy) is 2. The number of hydrazone groups is 1. The molecule has 0 aliphatic heterocycles. The number of aromatic nitrogens is 2. The molecule has 0 unspecified atom stereocenters. The van der Waals surface area contributed by atoms with E-state index in [-0.39, 0.29) is 0 Å². The molecule has 0 amide bonds. The largest absolute Gasteiger partial charge is 0.497 e. The quantitative estimate of drug-likeness (QED) is 0.332. The van der Waals surface area contributed by atoms with E-state index in [2.05, 4.69) is 20.5 Å². The van der Waals surface area contributed by atoms with Gasteiger partial charge >= 0.3 is 0 Å². The zero-order valence-electron chi connectivity index (χ0n) is 17.3. The summed E-state index contributed by atoms with van der Waals surface area (Å²) in [7, 11) is 3.23. The van der Waals surface area contributed by atoms with E-state index >= 15 is 0 Å². The predicted molar refractivity (Wildman–Crippen MR) is 124 cm³/mol. The van der Waals surface area contributed by atoms with E-state index in [4.69, 9.17) is 9.47 Å². The van der Waals surface area contributed by atoms with Gasteiger partial charge in [0.25, 0.3) is 0 Å². The predicted octanol–water partition coefficient (Wildman–Crippen LogP) is 5.27. The molecule has 1 heterocycles. The van der Waals surface area contributed by atoms with Crippen LogP contribution in [0.3, 0.4) is 0 Å². The van der Waals surface area contributed by atoms with Crippen molar-refractivity contribution in [3.8, 4) is 34.0 Å². The molecule has 0 aliphatic rings. The molecule has 4 aromatic rings. The smallest absolute Gasteiger partial charge is 0.244 e. The van der Waals surface area contributed by atoms with Gasteiger partial charge in [0.2, 0.25) is 5.95 Å². The van der Waals surface area contributed by atoms with Crippen molar-refractivity contribution in [2.75, 3.05) is 19.6 Å². The summed E-state index contributed by atoms with van der Waals surface area (Å²) in [6.07, 6.45) is 1.67. The van der Waals surface area contributed by atoms with Crippen LogP contribution >= 0.6 is 0 Å². The molecular weight excluding hydrogens is 388 g/mol. The number of nitrogens with one attached hydrogen (secondary N) is 1. The van der Waals surface area contributed by atoms with Crippen molar-refractivity contribution in [2.45, 2.75) is 0 Å². The maximum atomic E-state index is 5.41. The van der Waals surface area contributed by atoms with E-state index < -0.39 is 0 Å². The van der Waals surface area contributed by atoms with Crippen LogP contribution in [-0.4, -0.2) is 30.4 Å². The first kappa shape index (κ1) is 20.1. The molecule has 3 aromatic carbocycles. The van der Waals surface area contributed by atoms with Crippen LogP contribution in [0.15, 0.2) is 90.0 Å². The minimum absolute atomic E-state index is 0.406. The van der Waals surface area contributed by atoms with E-state index in [1.807, 2.05) is 78.9 Å². The molecule has 0 atom stereocenters. The third kappa shape index (κ3) is 4.87. The molecule has 154 valence electrons. The van der Waals surface area contributed by atoms with Crippen molar-refractivity contribution in [1.82, 2.24) is 9.97 Å². The van der Waals surface area contributed by atoms with E-state index in [0.717, 1.165) is 28.1 Å². The van der Waals surface area contributed by atoms with Crippen LogP contribution in [0.4, 0.5) is 5.95 Å². The van der Waals surface area contributed by atoms with E-state index in [9.17, 15) is 0 Å². The Morgan fingerprint density at radius 1 is 0.742 bits per heavy atom. The van der Waals surface area contributed by atoms with Gasteiger partial charge in [-0.05, 0) is 18.2 Å². The molecule has 1 aromatic heterocycles. The molecule has 6 heteroatoms. The molecular formula is C25H22N4O2. The highest BCUT2D eigenvalue weighted by molar-refractivity contribution is 5.84. The molecule has 0 aliphatic carbocycles. The number of rotatable bonds is 7. The zero-order valence-corrected chi connectivity index (χ0v) is 17.3. The number of benzene rings is 3. The van der Waals surface area contributed by atoms with Crippen molar-refractivity contribution < 1.29 is 9.47 Å². The fourth-order valence-electron chi connectivity index (χ4n) is 3.10. The minimum Gasteiger partial charge on any atom is -0.497 e. The highest BCUT2D eigenvalue weighted by atomic mass is 16.5. The number of methoxy groups -OCH3 is 2. The average molecular weight is 410 g/mol. The Morgan fingerprint density at radius 2 is 1.35 bits per heavy atom. The summed E-state index contributed by atoms with van der Waals surface area (Å²) in [6.45, 7) is 0. The van der Waals surface area contributed by atoms with Gasteiger partial charge in [0.15, 0.2) is 0 Å².